The summed E-state index contributed by atoms with van der Waals surface area (Å²) in [5, 5.41) is 4.34. The van der Waals surface area contributed by atoms with Crippen LogP contribution in [-0.4, -0.2) is 17.0 Å². The first-order valence-electron chi connectivity index (χ1n) is 4.72. The minimum Gasteiger partial charge on any atom is -0.467 e. The molecule has 1 aliphatic heterocycles. The molecule has 0 radical (unpaired) electrons. The summed E-state index contributed by atoms with van der Waals surface area (Å²) in [7, 11) is 0. The van der Waals surface area contributed by atoms with Gasteiger partial charge in [0.25, 0.3) is 0 Å². The molecule has 1 atom stereocenters. The van der Waals surface area contributed by atoms with Crippen LogP contribution in [0.5, 0.6) is 0 Å². The molecule has 1 aromatic rings. The first-order chi connectivity index (χ1) is 6.75. The van der Waals surface area contributed by atoms with Gasteiger partial charge in [-0.05, 0) is 25.5 Å². The maximum Gasteiger partial charge on any atom is 0.157 e. The summed E-state index contributed by atoms with van der Waals surface area (Å²) < 4.78 is 5.31. The number of aryl methyl sites for hydroxylation is 1. The number of amidine groups is 1. The largest absolute Gasteiger partial charge is 0.467 e. The average molecular weight is 210 g/mol. The first-order valence-corrected chi connectivity index (χ1v) is 5.71. The van der Waals surface area contributed by atoms with Crippen molar-refractivity contribution in [3.8, 4) is 0 Å². The molecular weight excluding hydrogens is 196 g/mol. The van der Waals surface area contributed by atoms with Gasteiger partial charge in [0, 0.05) is 11.8 Å². The highest BCUT2D eigenvalue weighted by Gasteiger charge is 2.15. The van der Waals surface area contributed by atoms with E-state index in [2.05, 4.69) is 17.2 Å². The van der Waals surface area contributed by atoms with Gasteiger partial charge in [0.2, 0.25) is 0 Å². The third-order valence-corrected chi connectivity index (χ3v) is 3.36. The van der Waals surface area contributed by atoms with Gasteiger partial charge in [0.15, 0.2) is 5.17 Å². The highest BCUT2D eigenvalue weighted by atomic mass is 32.2. The Labute approximate surface area is 88.0 Å². The molecule has 4 heteroatoms. The standard InChI is InChI=1S/C10H14N2OS/c1-7-3-4-13-9(7)5-11-10-12-8(2)6-14-10/h3-4,8H,5-6H2,1-2H3,(H,11,12). The number of furan rings is 1. The molecule has 0 spiro atoms. The number of nitrogens with zero attached hydrogens (tertiary/aromatic N) is 1. The number of nitrogens with one attached hydrogen (secondary N) is 1. The van der Waals surface area contributed by atoms with Crippen LogP contribution in [0, 0.1) is 6.92 Å². The van der Waals surface area contributed by atoms with E-state index in [1.807, 2.05) is 13.0 Å². The number of hydrogen-bond acceptors (Lipinski definition) is 3. The van der Waals surface area contributed by atoms with Crippen LogP contribution < -0.4 is 5.32 Å². The lowest BCUT2D eigenvalue weighted by Gasteiger charge is -2.00. The lowest BCUT2D eigenvalue weighted by Crippen LogP contribution is -2.23. The van der Waals surface area contributed by atoms with E-state index in [-0.39, 0.29) is 0 Å². The number of hydrogen-bond donors (Lipinski definition) is 1. The fraction of sp³-hybridized carbons (Fsp3) is 0.500. The maximum atomic E-state index is 5.31. The van der Waals surface area contributed by atoms with E-state index in [4.69, 9.17) is 4.42 Å². The Balaban J connectivity index is 1.97. The Morgan fingerprint density at radius 1 is 1.71 bits per heavy atom. The Hall–Kier alpha value is -0.900. The second kappa shape index (κ2) is 4.09. The number of rotatable bonds is 2. The monoisotopic (exact) mass is 210 g/mol. The van der Waals surface area contributed by atoms with Crippen molar-refractivity contribution in [3.63, 3.8) is 0 Å². The molecule has 1 saturated heterocycles. The molecule has 14 heavy (non-hydrogen) atoms. The molecule has 0 aromatic carbocycles. The zero-order chi connectivity index (χ0) is 9.97. The predicted molar refractivity (Wildman–Crippen MR) is 59.6 cm³/mol. The van der Waals surface area contributed by atoms with E-state index in [0.29, 0.717) is 12.6 Å². The topological polar surface area (TPSA) is 37.5 Å². The fourth-order valence-corrected chi connectivity index (χ4v) is 2.23. The van der Waals surface area contributed by atoms with Gasteiger partial charge in [0.05, 0.1) is 6.26 Å². The summed E-state index contributed by atoms with van der Waals surface area (Å²) >= 11 is 1.78. The van der Waals surface area contributed by atoms with Gasteiger partial charge in [-0.25, -0.2) is 0 Å². The van der Waals surface area contributed by atoms with Crippen LogP contribution in [0.15, 0.2) is 21.7 Å². The number of thioether (sulfide) groups is 1. The smallest absolute Gasteiger partial charge is 0.157 e. The highest BCUT2D eigenvalue weighted by Crippen LogP contribution is 2.15. The van der Waals surface area contributed by atoms with Crippen molar-refractivity contribution in [2.24, 2.45) is 4.99 Å². The summed E-state index contributed by atoms with van der Waals surface area (Å²) in [6, 6.07) is 2.50. The van der Waals surface area contributed by atoms with Gasteiger partial charge in [0.1, 0.15) is 12.3 Å². The summed E-state index contributed by atoms with van der Waals surface area (Å²) in [6.07, 6.45) is 1.71. The van der Waals surface area contributed by atoms with Crippen molar-refractivity contribution in [2.75, 3.05) is 5.75 Å². The molecule has 1 aliphatic rings. The predicted octanol–water partition coefficient (Wildman–Crippen LogP) is 2.17. The van der Waals surface area contributed by atoms with Crippen LogP contribution in [0.25, 0.3) is 0 Å². The molecule has 3 nitrogen and oxygen atoms in total. The van der Waals surface area contributed by atoms with Crippen LogP contribution in [0.1, 0.15) is 18.2 Å². The first kappa shape index (κ1) is 9.65. The second-order valence-corrected chi connectivity index (χ2v) is 4.51. The zero-order valence-corrected chi connectivity index (χ0v) is 9.23. The highest BCUT2D eigenvalue weighted by molar-refractivity contribution is 8.14. The molecule has 1 aromatic heterocycles. The lowest BCUT2D eigenvalue weighted by atomic mass is 10.3. The molecule has 1 unspecified atom stereocenters. The van der Waals surface area contributed by atoms with E-state index < -0.39 is 0 Å². The van der Waals surface area contributed by atoms with Gasteiger partial charge >= 0.3 is 0 Å². The summed E-state index contributed by atoms with van der Waals surface area (Å²) in [4.78, 5) is 4.45. The van der Waals surface area contributed by atoms with Crippen molar-refractivity contribution in [2.45, 2.75) is 26.4 Å². The third-order valence-electron chi connectivity index (χ3n) is 2.17. The van der Waals surface area contributed by atoms with Crippen molar-refractivity contribution in [3.05, 3.63) is 23.7 Å². The van der Waals surface area contributed by atoms with Crippen molar-refractivity contribution < 1.29 is 4.42 Å². The molecule has 0 saturated carbocycles. The molecule has 76 valence electrons. The van der Waals surface area contributed by atoms with Crippen LogP contribution in [0.3, 0.4) is 0 Å². The van der Waals surface area contributed by atoms with Crippen LogP contribution in [-0.2, 0) is 6.54 Å². The SMILES string of the molecule is Cc1ccoc1CN=C1NC(C)CS1. The molecule has 0 bridgehead atoms. The average Bonchev–Trinajstić information content (AvgIpc) is 2.72. The third kappa shape index (κ3) is 2.12. The van der Waals surface area contributed by atoms with Crippen molar-refractivity contribution in [1.82, 2.24) is 5.32 Å². The van der Waals surface area contributed by atoms with E-state index in [1.54, 1.807) is 18.0 Å². The van der Waals surface area contributed by atoms with Gasteiger partial charge in [-0.1, -0.05) is 11.8 Å². The Morgan fingerprint density at radius 3 is 3.14 bits per heavy atom. The summed E-state index contributed by atoms with van der Waals surface area (Å²) in [5.74, 6) is 2.06. The van der Waals surface area contributed by atoms with Gasteiger partial charge in [-0.3, -0.25) is 4.99 Å². The van der Waals surface area contributed by atoms with Crippen LogP contribution >= 0.6 is 11.8 Å². The van der Waals surface area contributed by atoms with Crippen molar-refractivity contribution >= 4 is 16.9 Å². The Morgan fingerprint density at radius 2 is 2.57 bits per heavy atom. The zero-order valence-electron chi connectivity index (χ0n) is 8.41. The van der Waals surface area contributed by atoms with E-state index in [9.17, 15) is 0 Å². The second-order valence-electron chi connectivity index (χ2n) is 3.50. The van der Waals surface area contributed by atoms with E-state index in [0.717, 1.165) is 16.7 Å². The van der Waals surface area contributed by atoms with Gasteiger partial charge < -0.3 is 9.73 Å². The molecule has 2 rings (SSSR count). The van der Waals surface area contributed by atoms with Crippen LogP contribution in [0.4, 0.5) is 0 Å². The normalized spacial score (nSPS) is 24.1. The minimum absolute atomic E-state index is 0.538. The number of aliphatic imine (C=N–C) groups is 1. The Bertz CT molecular complexity index is 346. The van der Waals surface area contributed by atoms with Crippen LogP contribution in [0.2, 0.25) is 0 Å². The minimum atomic E-state index is 0.538. The van der Waals surface area contributed by atoms with E-state index >= 15 is 0 Å². The molecule has 1 N–H and O–H groups in total. The van der Waals surface area contributed by atoms with Gasteiger partial charge in [-0.15, -0.1) is 0 Å². The fourth-order valence-electron chi connectivity index (χ4n) is 1.30. The molecule has 0 aliphatic carbocycles. The molecule has 1 fully saturated rings. The summed E-state index contributed by atoms with van der Waals surface area (Å²) in [6.45, 7) is 4.84. The quantitative estimate of drug-likeness (QED) is 0.813. The molecule has 2 heterocycles. The molecule has 0 amide bonds. The van der Waals surface area contributed by atoms with Crippen molar-refractivity contribution in [1.29, 1.82) is 0 Å². The summed E-state index contributed by atoms with van der Waals surface area (Å²) in [5.41, 5.74) is 1.17. The molecular formula is C10H14N2OS. The maximum absolute atomic E-state index is 5.31. The lowest BCUT2D eigenvalue weighted by molar-refractivity contribution is 0.510. The Kier molecular flexibility index (Phi) is 2.82. The van der Waals surface area contributed by atoms with E-state index in [1.165, 1.54) is 5.56 Å². The van der Waals surface area contributed by atoms with Gasteiger partial charge in [-0.2, -0.15) is 0 Å².